The Morgan fingerprint density at radius 2 is 2.29 bits per heavy atom. The van der Waals surface area contributed by atoms with Gasteiger partial charge in [0.15, 0.2) is 0 Å². The molecule has 0 aliphatic heterocycles. The number of H-pyrrole nitrogens is 1. The van der Waals surface area contributed by atoms with E-state index in [1.54, 1.807) is 6.07 Å². The van der Waals surface area contributed by atoms with Crippen molar-refractivity contribution in [2.45, 2.75) is 11.8 Å². The van der Waals surface area contributed by atoms with Gasteiger partial charge in [-0.25, -0.2) is 8.78 Å². The van der Waals surface area contributed by atoms with Gasteiger partial charge in [-0.1, -0.05) is 15.9 Å². The molecular formula is C8H5BrF2N2O. The normalized spacial score (nSPS) is 10.2. The highest BCUT2D eigenvalue weighted by atomic mass is 79.9. The molecular weight excluding hydrogens is 258 g/mol. The molecule has 0 atom stereocenters. The highest BCUT2D eigenvalue weighted by molar-refractivity contribution is 9.08. The lowest BCUT2D eigenvalue weighted by atomic mass is 10.1. The summed E-state index contributed by atoms with van der Waals surface area (Å²) in [5.74, 6) is 0. The fourth-order valence-electron chi connectivity index (χ4n) is 1.02. The molecule has 1 aromatic rings. The van der Waals surface area contributed by atoms with E-state index >= 15 is 0 Å². The van der Waals surface area contributed by atoms with Crippen molar-refractivity contribution in [3.8, 4) is 6.07 Å². The zero-order valence-electron chi connectivity index (χ0n) is 6.85. The van der Waals surface area contributed by atoms with Gasteiger partial charge in [0.25, 0.3) is 12.0 Å². The Morgan fingerprint density at radius 3 is 2.71 bits per heavy atom. The first kappa shape index (κ1) is 10.9. The Labute approximate surface area is 86.5 Å². The molecule has 0 radical (unpaired) electrons. The summed E-state index contributed by atoms with van der Waals surface area (Å²) in [4.78, 5) is 13.3. The lowest BCUT2D eigenvalue weighted by molar-refractivity contribution is 0.150. The minimum atomic E-state index is -2.76. The Bertz CT molecular complexity index is 436. The van der Waals surface area contributed by atoms with E-state index in [4.69, 9.17) is 5.26 Å². The van der Waals surface area contributed by atoms with Crippen molar-refractivity contribution in [3.05, 3.63) is 33.2 Å². The second kappa shape index (κ2) is 4.33. The van der Waals surface area contributed by atoms with E-state index in [0.29, 0.717) is 0 Å². The van der Waals surface area contributed by atoms with E-state index in [1.807, 2.05) is 0 Å². The van der Waals surface area contributed by atoms with Crippen LogP contribution in [0.1, 0.15) is 23.1 Å². The molecule has 1 N–H and O–H groups in total. The number of rotatable bonds is 2. The smallest absolute Gasteiger partial charge is 0.266 e. The van der Waals surface area contributed by atoms with Crippen molar-refractivity contribution >= 4 is 15.9 Å². The minimum absolute atomic E-state index is 0.0327. The number of halogens is 3. The van der Waals surface area contributed by atoms with Crippen LogP contribution >= 0.6 is 15.9 Å². The van der Waals surface area contributed by atoms with Crippen molar-refractivity contribution in [3.63, 3.8) is 0 Å². The van der Waals surface area contributed by atoms with Crippen LogP contribution in [-0.2, 0) is 5.33 Å². The van der Waals surface area contributed by atoms with Gasteiger partial charge < -0.3 is 4.98 Å². The van der Waals surface area contributed by atoms with Crippen LogP contribution in [0.25, 0.3) is 0 Å². The number of pyridine rings is 1. The number of nitriles is 1. The highest BCUT2D eigenvalue weighted by Crippen LogP contribution is 2.23. The van der Waals surface area contributed by atoms with Gasteiger partial charge in [-0.3, -0.25) is 4.79 Å². The first-order chi connectivity index (χ1) is 6.61. The number of alkyl halides is 3. The molecule has 0 aliphatic rings. The predicted octanol–water partition coefficient (Wildman–Crippen LogP) is 2.08. The van der Waals surface area contributed by atoms with Crippen molar-refractivity contribution in [2.24, 2.45) is 0 Å². The minimum Gasteiger partial charge on any atom is -0.328 e. The van der Waals surface area contributed by atoms with Crippen LogP contribution < -0.4 is 5.56 Å². The van der Waals surface area contributed by atoms with Gasteiger partial charge in [0, 0.05) is 17.1 Å². The topological polar surface area (TPSA) is 56.6 Å². The standard InChI is InChI=1S/C8H5BrF2N2O/c9-1-4-5(2-12)6(7(10)11)3-13-8(4)14/h3,7H,1H2,(H,13,14). The number of aromatic amines is 1. The summed E-state index contributed by atoms with van der Waals surface area (Å²) in [6.45, 7) is 0. The van der Waals surface area contributed by atoms with Crippen molar-refractivity contribution < 1.29 is 8.78 Å². The quantitative estimate of drug-likeness (QED) is 0.830. The molecule has 1 aromatic heterocycles. The SMILES string of the molecule is N#Cc1c(C(F)F)c[nH]c(=O)c1CBr. The fraction of sp³-hybridized carbons (Fsp3) is 0.250. The first-order valence-corrected chi connectivity index (χ1v) is 4.72. The van der Waals surface area contributed by atoms with Gasteiger partial charge in [0.1, 0.15) is 6.07 Å². The summed E-state index contributed by atoms with van der Waals surface area (Å²) < 4.78 is 24.7. The molecule has 0 unspecified atom stereocenters. The Morgan fingerprint density at radius 1 is 1.64 bits per heavy atom. The summed E-state index contributed by atoms with van der Waals surface area (Å²) >= 11 is 2.97. The molecule has 0 saturated heterocycles. The van der Waals surface area contributed by atoms with E-state index in [0.717, 1.165) is 6.20 Å². The molecule has 0 aliphatic carbocycles. The van der Waals surface area contributed by atoms with E-state index in [-0.39, 0.29) is 16.5 Å². The van der Waals surface area contributed by atoms with Gasteiger partial charge in [-0.05, 0) is 0 Å². The fourth-order valence-corrected chi connectivity index (χ4v) is 1.56. The van der Waals surface area contributed by atoms with E-state index in [1.165, 1.54) is 0 Å². The third kappa shape index (κ3) is 1.82. The molecule has 0 saturated carbocycles. The maximum Gasteiger partial charge on any atom is 0.266 e. The Kier molecular flexibility index (Phi) is 3.36. The van der Waals surface area contributed by atoms with Crippen LogP contribution in [0.15, 0.2) is 11.0 Å². The van der Waals surface area contributed by atoms with Crippen LogP contribution in [0.4, 0.5) is 8.78 Å². The monoisotopic (exact) mass is 262 g/mol. The second-order valence-corrected chi connectivity index (χ2v) is 3.03. The number of aromatic nitrogens is 1. The average Bonchev–Trinajstić information content (AvgIpc) is 2.16. The summed E-state index contributed by atoms with van der Waals surface area (Å²) in [5, 5.41) is 8.72. The van der Waals surface area contributed by atoms with Gasteiger partial charge in [0.05, 0.1) is 11.1 Å². The molecule has 0 amide bonds. The van der Waals surface area contributed by atoms with Gasteiger partial charge >= 0.3 is 0 Å². The summed E-state index contributed by atoms with van der Waals surface area (Å²) in [6, 6.07) is 1.61. The number of nitrogens with one attached hydrogen (secondary N) is 1. The third-order valence-corrected chi connectivity index (χ3v) is 2.26. The average molecular weight is 263 g/mol. The van der Waals surface area contributed by atoms with Gasteiger partial charge in [-0.15, -0.1) is 0 Å². The van der Waals surface area contributed by atoms with Crippen molar-refractivity contribution in [1.82, 2.24) is 4.98 Å². The van der Waals surface area contributed by atoms with E-state index in [2.05, 4.69) is 20.9 Å². The van der Waals surface area contributed by atoms with Crippen LogP contribution in [0.5, 0.6) is 0 Å². The lowest BCUT2D eigenvalue weighted by Gasteiger charge is -2.04. The number of hydrogen-bond donors (Lipinski definition) is 1. The molecule has 3 nitrogen and oxygen atoms in total. The molecule has 0 spiro atoms. The van der Waals surface area contributed by atoms with Crippen molar-refractivity contribution in [2.75, 3.05) is 0 Å². The van der Waals surface area contributed by atoms with Gasteiger partial charge in [0.2, 0.25) is 0 Å². The largest absolute Gasteiger partial charge is 0.328 e. The first-order valence-electron chi connectivity index (χ1n) is 3.60. The van der Waals surface area contributed by atoms with E-state index in [9.17, 15) is 13.6 Å². The second-order valence-electron chi connectivity index (χ2n) is 2.47. The van der Waals surface area contributed by atoms with Crippen LogP contribution in [0.2, 0.25) is 0 Å². The van der Waals surface area contributed by atoms with Crippen LogP contribution in [0.3, 0.4) is 0 Å². The molecule has 0 bridgehead atoms. The summed E-state index contributed by atoms with van der Waals surface area (Å²) in [6.07, 6.45) is -1.89. The zero-order valence-corrected chi connectivity index (χ0v) is 8.44. The summed E-state index contributed by atoms with van der Waals surface area (Å²) in [5.41, 5.74) is -1.18. The van der Waals surface area contributed by atoms with E-state index < -0.39 is 17.5 Å². The Balaban J connectivity index is 3.51. The maximum absolute atomic E-state index is 12.4. The van der Waals surface area contributed by atoms with Crippen molar-refractivity contribution in [1.29, 1.82) is 5.26 Å². The van der Waals surface area contributed by atoms with Crippen LogP contribution in [0, 0.1) is 11.3 Å². The molecule has 0 fully saturated rings. The molecule has 0 aromatic carbocycles. The van der Waals surface area contributed by atoms with Gasteiger partial charge in [-0.2, -0.15) is 5.26 Å². The predicted molar refractivity (Wildman–Crippen MR) is 49.4 cm³/mol. The lowest BCUT2D eigenvalue weighted by Crippen LogP contribution is -2.15. The third-order valence-electron chi connectivity index (χ3n) is 1.70. The molecule has 74 valence electrons. The van der Waals surface area contributed by atoms with Crippen LogP contribution in [-0.4, -0.2) is 4.98 Å². The molecule has 14 heavy (non-hydrogen) atoms. The maximum atomic E-state index is 12.4. The number of nitrogens with zero attached hydrogens (tertiary/aromatic N) is 1. The zero-order chi connectivity index (χ0) is 10.7. The molecule has 6 heteroatoms. The highest BCUT2D eigenvalue weighted by Gasteiger charge is 2.17. The number of hydrogen-bond acceptors (Lipinski definition) is 2. The summed E-state index contributed by atoms with van der Waals surface area (Å²) in [7, 11) is 0. The molecule has 1 rings (SSSR count). The molecule has 1 heterocycles. The Hall–Kier alpha value is -1.22.